The molecule has 0 spiro atoms. The summed E-state index contributed by atoms with van der Waals surface area (Å²) >= 11 is 6.55. The van der Waals surface area contributed by atoms with Crippen molar-refractivity contribution < 1.29 is 9.36 Å². The highest BCUT2D eigenvalue weighted by atomic mass is 35.5. The van der Waals surface area contributed by atoms with E-state index in [1.165, 1.54) is 0 Å². The van der Waals surface area contributed by atoms with Gasteiger partial charge in [-0.05, 0) is 63.9 Å². The Bertz CT molecular complexity index is 1180. The minimum absolute atomic E-state index is 0.129. The third kappa shape index (κ3) is 4.69. The van der Waals surface area contributed by atoms with E-state index in [1.807, 2.05) is 22.8 Å². The average Bonchev–Trinajstić information content (AvgIpc) is 2.87. The number of pyridine rings is 1. The van der Waals surface area contributed by atoms with Gasteiger partial charge in [-0.3, -0.25) is 15.1 Å². The van der Waals surface area contributed by atoms with E-state index in [9.17, 15) is 9.36 Å². The van der Waals surface area contributed by atoms with Gasteiger partial charge in [0.2, 0.25) is 5.95 Å². The van der Waals surface area contributed by atoms with Crippen LogP contribution >= 0.6 is 18.7 Å². The molecule has 1 saturated heterocycles. The standard InChI is InChI=1S/C22H27ClN5O2P/c1-14-11-15(12-19(25-14)31(2,3)30)21(29)27-22-26-18-9-6-8-17(23)20(18)28(22)16-7-4-5-10-24-13-16/h6,8-9,11-12,16,24H,4-5,7,10,13H2,1-3H3,(H,26,27,29)/t16-/m1/s1. The molecule has 1 amide bonds. The molecule has 7 nitrogen and oxygen atoms in total. The summed E-state index contributed by atoms with van der Waals surface area (Å²) in [7, 11) is -2.60. The molecular formula is C22H27ClN5O2P. The van der Waals surface area contributed by atoms with Crippen LogP contribution in [0.1, 0.15) is 41.4 Å². The van der Waals surface area contributed by atoms with Crippen molar-refractivity contribution >= 4 is 47.1 Å². The fraction of sp³-hybridized carbons (Fsp3) is 0.409. The summed E-state index contributed by atoms with van der Waals surface area (Å²) in [6.07, 6.45) is 3.18. The van der Waals surface area contributed by atoms with Gasteiger partial charge in [0.15, 0.2) is 0 Å². The van der Waals surface area contributed by atoms with Crippen LogP contribution in [0.5, 0.6) is 0 Å². The number of aryl methyl sites for hydroxylation is 1. The number of rotatable bonds is 4. The van der Waals surface area contributed by atoms with Crippen molar-refractivity contribution in [2.45, 2.75) is 32.2 Å². The molecule has 1 atom stereocenters. The molecule has 0 radical (unpaired) electrons. The quantitative estimate of drug-likeness (QED) is 0.570. The third-order valence-electron chi connectivity index (χ3n) is 5.53. The zero-order valence-corrected chi connectivity index (χ0v) is 19.6. The number of amides is 1. The van der Waals surface area contributed by atoms with Crippen LogP contribution in [-0.4, -0.2) is 46.9 Å². The summed E-state index contributed by atoms with van der Waals surface area (Å²) in [6.45, 7) is 6.86. The second-order valence-electron chi connectivity index (χ2n) is 8.43. The fourth-order valence-electron chi connectivity index (χ4n) is 4.00. The lowest BCUT2D eigenvalue weighted by atomic mass is 10.1. The van der Waals surface area contributed by atoms with Gasteiger partial charge < -0.3 is 14.4 Å². The number of carbonyl (C=O) groups is 1. The Morgan fingerprint density at radius 3 is 2.84 bits per heavy atom. The van der Waals surface area contributed by atoms with Gasteiger partial charge in [-0.1, -0.05) is 24.1 Å². The van der Waals surface area contributed by atoms with Crippen molar-refractivity contribution in [3.63, 3.8) is 0 Å². The largest absolute Gasteiger partial charge is 0.318 e. The molecule has 3 heterocycles. The van der Waals surface area contributed by atoms with Crippen molar-refractivity contribution in [3.8, 4) is 0 Å². The highest BCUT2D eigenvalue weighted by molar-refractivity contribution is 7.69. The van der Waals surface area contributed by atoms with E-state index in [0.717, 1.165) is 43.4 Å². The maximum atomic E-state index is 13.2. The molecule has 0 saturated carbocycles. The first-order chi connectivity index (χ1) is 14.7. The number of aromatic nitrogens is 3. The van der Waals surface area contributed by atoms with Gasteiger partial charge >= 0.3 is 0 Å². The number of halogens is 1. The molecule has 1 aromatic carbocycles. The smallest absolute Gasteiger partial charge is 0.258 e. The number of fused-ring (bicyclic) bond motifs is 1. The average molecular weight is 460 g/mol. The maximum absolute atomic E-state index is 13.2. The second kappa shape index (κ2) is 8.73. The molecule has 31 heavy (non-hydrogen) atoms. The molecule has 164 valence electrons. The highest BCUT2D eigenvalue weighted by Crippen LogP contribution is 2.35. The van der Waals surface area contributed by atoms with Gasteiger partial charge in [-0.15, -0.1) is 0 Å². The summed E-state index contributed by atoms with van der Waals surface area (Å²) in [4.78, 5) is 22.2. The van der Waals surface area contributed by atoms with Crippen LogP contribution in [0.15, 0.2) is 30.3 Å². The minimum atomic E-state index is -2.60. The lowest BCUT2D eigenvalue weighted by Gasteiger charge is -2.21. The molecule has 9 heteroatoms. The predicted octanol–water partition coefficient (Wildman–Crippen LogP) is 4.21. The summed E-state index contributed by atoms with van der Waals surface area (Å²) in [6, 6.07) is 9.03. The number of benzene rings is 1. The number of nitrogens with one attached hydrogen (secondary N) is 2. The van der Waals surface area contributed by atoms with Crippen molar-refractivity contribution in [3.05, 3.63) is 46.6 Å². The van der Waals surface area contributed by atoms with Crippen molar-refractivity contribution in [1.82, 2.24) is 19.9 Å². The van der Waals surface area contributed by atoms with Crippen LogP contribution in [0.25, 0.3) is 11.0 Å². The molecule has 1 aliphatic heterocycles. The Morgan fingerprint density at radius 1 is 1.26 bits per heavy atom. The SMILES string of the molecule is Cc1cc(C(=O)Nc2nc3cccc(Cl)c3n2[C@@H]2CCCCNC2)cc(P(C)(C)=O)n1. The van der Waals surface area contributed by atoms with E-state index in [2.05, 4.69) is 20.6 Å². The molecule has 1 fully saturated rings. The van der Waals surface area contributed by atoms with E-state index in [4.69, 9.17) is 11.6 Å². The lowest BCUT2D eigenvalue weighted by Crippen LogP contribution is -2.26. The van der Waals surface area contributed by atoms with Crippen LogP contribution in [0.3, 0.4) is 0 Å². The maximum Gasteiger partial charge on any atom is 0.258 e. The van der Waals surface area contributed by atoms with E-state index < -0.39 is 7.14 Å². The van der Waals surface area contributed by atoms with Crippen LogP contribution in [0.2, 0.25) is 5.02 Å². The van der Waals surface area contributed by atoms with Crippen molar-refractivity contribution in [2.75, 3.05) is 31.7 Å². The first-order valence-corrected chi connectivity index (χ1v) is 13.4. The van der Waals surface area contributed by atoms with E-state index in [1.54, 1.807) is 32.4 Å². The van der Waals surface area contributed by atoms with E-state index >= 15 is 0 Å². The molecular weight excluding hydrogens is 433 g/mol. The van der Waals surface area contributed by atoms with Gasteiger partial charge in [-0.2, -0.15) is 0 Å². The first kappa shape index (κ1) is 22.0. The molecule has 0 unspecified atom stereocenters. The highest BCUT2D eigenvalue weighted by Gasteiger charge is 2.24. The summed E-state index contributed by atoms with van der Waals surface area (Å²) in [5, 5.41) is 7.05. The van der Waals surface area contributed by atoms with Crippen LogP contribution < -0.4 is 16.1 Å². The Balaban J connectivity index is 1.76. The summed E-state index contributed by atoms with van der Waals surface area (Å²) in [5.74, 6) is 0.156. The zero-order chi connectivity index (χ0) is 22.2. The monoisotopic (exact) mass is 459 g/mol. The molecule has 2 aromatic heterocycles. The van der Waals surface area contributed by atoms with Gasteiger partial charge in [0, 0.05) is 23.8 Å². The van der Waals surface area contributed by atoms with Crippen LogP contribution in [-0.2, 0) is 4.57 Å². The van der Waals surface area contributed by atoms with Crippen LogP contribution in [0, 0.1) is 6.92 Å². The Hall–Kier alpha value is -2.21. The fourth-order valence-corrected chi connectivity index (χ4v) is 5.11. The zero-order valence-electron chi connectivity index (χ0n) is 18.0. The lowest BCUT2D eigenvalue weighted by molar-refractivity contribution is 0.102. The summed E-state index contributed by atoms with van der Waals surface area (Å²) in [5.41, 5.74) is 3.07. The minimum Gasteiger partial charge on any atom is -0.318 e. The number of nitrogens with zero attached hydrogens (tertiary/aromatic N) is 3. The molecule has 2 N–H and O–H groups in total. The Kier molecular flexibility index (Phi) is 6.20. The number of hydrogen-bond donors (Lipinski definition) is 2. The molecule has 0 bridgehead atoms. The number of carbonyl (C=O) groups excluding carboxylic acids is 1. The number of anilines is 1. The summed E-state index contributed by atoms with van der Waals surface area (Å²) < 4.78 is 14.6. The van der Waals surface area contributed by atoms with E-state index in [0.29, 0.717) is 27.7 Å². The third-order valence-corrected chi connectivity index (χ3v) is 7.16. The second-order valence-corrected chi connectivity index (χ2v) is 12.0. The van der Waals surface area contributed by atoms with Crippen molar-refractivity contribution in [1.29, 1.82) is 0 Å². The number of para-hydroxylation sites is 1. The van der Waals surface area contributed by atoms with Gasteiger partial charge in [0.05, 0.1) is 16.1 Å². The van der Waals surface area contributed by atoms with E-state index in [-0.39, 0.29) is 11.9 Å². The molecule has 4 rings (SSSR count). The van der Waals surface area contributed by atoms with Gasteiger partial charge in [0.1, 0.15) is 12.6 Å². The van der Waals surface area contributed by atoms with Gasteiger partial charge in [0.25, 0.3) is 5.91 Å². The number of imidazole rings is 1. The van der Waals surface area contributed by atoms with Crippen molar-refractivity contribution in [2.24, 2.45) is 0 Å². The topological polar surface area (TPSA) is 88.9 Å². The van der Waals surface area contributed by atoms with Crippen LogP contribution in [0.4, 0.5) is 5.95 Å². The Morgan fingerprint density at radius 2 is 2.06 bits per heavy atom. The normalized spacial score (nSPS) is 17.5. The molecule has 3 aromatic rings. The number of hydrogen-bond acceptors (Lipinski definition) is 5. The molecule has 0 aliphatic carbocycles. The molecule has 1 aliphatic rings. The Labute approximate surface area is 187 Å². The predicted molar refractivity (Wildman–Crippen MR) is 127 cm³/mol. The first-order valence-electron chi connectivity index (χ1n) is 10.5. The van der Waals surface area contributed by atoms with Gasteiger partial charge in [-0.25, -0.2) is 4.98 Å².